The fraction of sp³-hybridized carbons (Fsp3) is 0.909. The summed E-state index contributed by atoms with van der Waals surface area (Å²) in [5.41, 5.74) is 0. The molecule has 0 saturated carbocycles. The highest BCUT2D eigenvalue weighted by Crippen LogP contribution is 2.19. The third-order valence-corrected chi connectivity index (χ3v) is 6.37. The lowest BCUT2D eigenvalue weighted by Crippen LogP contribution is -2.54. The summed E-state index contributed by atoms with van der Waals surface area (Å²) in [5, 5.41) is 3.50. The maximum absolute atomic E-state index is 12.4. The van der Waals surface area contributed by atoms with Gasteiger partial charge in [-0.2, -0.15) is 0 Å². The van der Waals surface area contributed by atoms with Crippen molar-refractivity contribution in [3.63, 3.8) is 0 Å². The summed E-state index contributed by atoms with van der Waals surface area (Å²) >= 11 is 0. The number of carbonyl (C=O) groups excluding carboxylic acids is 1. The number of nitrogens with one attached hydrogen (secondary N) is 1. The molecule has 0 aromatic heterocycles. The molecule has 3 aliphatic rings. The zero-order chi connectivity index (χ0) is 20.6. The van der Waals surface area contributed by atoms with Crippen molar-refractivity contribution < 1.29 is 4.79 Å². The highest BCUT2D eigenvalue weighted by atomic mass is 127. The van der Waals surface area contributed by atoms with E-state index in [1.807, 2.05) is 4.90 Å². The minimum absolute atomic E-state index is 0. The SMILES string of the molecule is CCNC(=NC[C@H]1CCCN1CC(C)C)N1CCN(CC(=O)N2CCCC2)CC1.I. The Labute approximate surface area is 200 Å². The van der Waals surface area contributed by atoms with Crippen LogP contribution in [0, 0.1) is 5.92 Å². The Kier molecular flexibility index (Phi) is 11.2. The molecule has 7 nitrogen and oxygen atoms in total. The molecule has 1 amide bonds. The number of piperazine rings is 1. The van der Waals surface area contributed by atoms with Crippen LogP contribution in [-0.4, -0.2) is 110 Å². The Balaban J connectivity index is 0.00000320. The van der Waals surface area contributed by atoms with E-state index in [-0.39, 0.29) is 24.0 Å². The van der Waals surface area contributed by atoms with Crippen LogP contribution >= 0.6 is 24.0 Å². The van der Waals surface area contributed by atoms with Crippen molar-refractivity contribution in [1.82, 2.24) is 24.9 Å². The molecule has 3 aliphatic heterocycles. The molecule has 0 aliphatic carbocycles. The molecule has 3 saturated heterocycles. The Morgan fingerprint density at radius 1 is 1.00 bits per heavy atom. The number of guanidine groups is 1. The first-order valence-corrected chi connectivity index (χ1v) is 11.8. The topological polar surface area (TPSA) is 54.4 Å². The number of amides is 1. The predicted molar refractivity (Wildman–Crippen MR) is 135 cm³/mol. The highest BCUT2D eigenvalue weighted by Gasteiger charge is 2.27. The smallest absolute Gasteiger partial charge is 0.236 e. The van der Waals surface area contributed by atoms with Gasteiger partial charge in [0.25, 0.3) is 0 Å². The minimum Gasteiger partial charge on any atom is -0.357 e. The van der Waals surface area contributed by atoms with E-state index in [1.54, 1.807) is 0 Å². The van der Waals surface area contributed by atoms with Gasteiger partial charge in [0.1, 0.15) is 0 Å². The molecule has 174 valence electrons. The zero-order valence-corrected chi connectivity index (χ0v) is 21.6. The van der Waals surface area contributed by atoms with Crippen LogP contribution in [0.25, 0.3) is 0 Å². The Morgan fingerprint density at radius 3 is 2.33 bits per heavy atom. The maximum atomic E-state index is 12.4. The van der Waals surface area contributed by atoms with E-state index in [4.69, 9.17) is 4.99 Å². The molecular formula is C22H43IN6O. The summed E-state index contributed by atoms with van der Waals surface area (Å²) in [6, 6.07) is 0.588. The van der Waals surface area contributed by atoms with Gasteiger partial charge in [-0.15, -0.1) is 24.0 Å². The van der Waals surface area contributed by atoms with Gasteiger partial charge in [-0.05, 0) is 45.1 Å². The first-order valence-electron chi connectivity index (χ1n) is 11.8. The van der Waals surface area contributed by atoms with E-state index < -0.39 is 0 Å². The van der Waals surface area contributed by atoms with Gasteiger partial charge in [-0.1, -0.05) is 13.8 Å². The van der Waals surface area contributed by atoms with Gasteiger partial charge in [-0.25, -0.2) is 0 Å². The highest BCUT2D eigenvalue weighted by molar-refractivity contribution is 14.0. The second-order valence-electron chi connectivity index (χ2n) is 9.23. The monoisotopic (exact) mass is 534 g/mol. The first kappa shape index (κ1) is 25.6. The van der Waals surface area contributed by atoms with Gasteiger partial charge >= 0.3 is 0 Å². The summed E-state index contributed by atoms with van der Waals surface area (Å²) in [6.45, 7) is 17.2. The van der Waals surface area contributed by atoms with Crippen molar-refractivity contribution >= 4 is 35.8 Å². The molecule has 30 heavy (non-hydrogen) atoms. The molecule has 1 N–H and O–H groups in total. The molecule has 0 bridgehead atoms. The number of hydrogen-bond acceptors (Lipinski definition) is 4. The van der Waals surface area contributed by atoms with Crippen molar-refractivity contribution in [2.45, 2.75) is 52.5 Å². The molecule has 0 aromatic carbocycles. The van der Waals surface area contributed by atoms with Crippen molar-refractivity contribution in [1.29, 1.82) is 0 Å². The maximum Gasteiger partial charge on any atom is 0.236 e. The second-order valence-corrected chi connectivity index (χ2v) is 9.23. The zero-order valence-electron chi connectivity index (χ0n) is 19.3. The number of aliphatic imine (C=N–C) groups is 1. The van der Waals surface area contributed by atoms with E-state index in [9.17, 15) is 4.79 Å². The molecule has 0 aromatic rings. The molecule has 0 radical (unpaired) electrons. The van der Waals surface area contributed by atoms with Crippen molar-refractivity contribution in [2.75, 3.05) is 72.0 Å². The van der Waals surface area contributed by atoms with Gasteiger partial charge in [0.2, 0.25) is 5.91 Å². The number of carbonyl (C=O) groups is 1. The quantitative estimate of drug-likeness (QED) is 0.308. The summed E-state index contributed by atoms with van der Waals surface area (Å²) in [6.07, 6.45) is 4.89. The standard InChI is InChI=1S/C22H42N6O.HI/c1-4-23-22(24-16-20-8-7-11-28(20)17-19(2)3)27-14-12-25(13-15-27)18-21(29)26-9-5-6-10-26;/h19-20H,4-18H2,1-3H3,(H,23,24);1H/t20-;/m1./s1. The number of likely N-dealkylation sites (tertiary alicyclic amines) is 2. The van der Waals surface area contributed by atoms with E-state index in [2.05, 4.69) is 40.8 Å². The number of hydrogen-bond donors (Lipinski definition) is 1. The summed E-state index contributed by atoms with van der Waals surface area (Å²) < 4.78 is 0. The largest absolute Gasteiger partial charge is 0.357 e. The Bertz CT molecular complexity index is 544. The lowest BCUT2D eigenvalue weighted by molar-refractivity contribution is -0.131. The van der Waals surface area contributed by atoms with Crippen LogP contribution in [0.4, 0.5) is 0 Å². The van der Waals surface area contributed by atoms with Crippen molar-refractivity contribution in [3.05, 3.63) is 0 Å². The lowest BCUT2D eigenvalue weighted by Gasteiger charge is -2.37. The van der Waals surface area contributed by atoms with E-state index in [0.717, 1.165) is 71.2 Å². The fourth-order valence-electron chi connectivity index (χ4n) is 4.80. The number of nitrogens with zero attached hydrogens (tertiary/aromatic N) is 5. The van der Waals surface area contributed by atoms with Gasteiger partial charge in [0.15, 0.2) is 5.96 Å². The molecule has 3 fully saturated rings. The summed E-state index contributed by atoms with van der Waals surface area (Å²) in [4.78, 5) is 26.8. The van der Waals surface area contributed by atoms with Gasteiger partial charge < -0.3 is 15.1 Å². The molecule has 3 heterocycles. The van der Waals surface area contributed by atoms with Crippen LogP contribution in [0.15, 0.2) is 4.99 Å². The third kappa shape index (κ3) is 7.51. The molecule has 8 heteroatoms. The molecular weight excluding hydrogens is 491 g/mol. The van der Waals surface area contributed by atoms with Gasteiger partial charge in [0.05, 0.1) is 13.1 Å². The van der Waals surface area contributed by atoms with Crippen LogP contribution in [0.3, 0.4) is 0 Å². The minimum atomic E-state index is 0. The number of halogens is 1. The second kappa shape index (κ2) is 13.1. The van der Waals surface area contributed by atoms with Crippen LogP contribution < -0.4 is 5.32 Å². The summed E-state index contributed by atoms with van der Waals surface area (Å²) in [5.74, 6) is 2.07. The fourth-order valence-corrected chi connectivity index (χ4v) is 4.80. The third-order valence-electron chi connectivity index (χ3n) is 6.37. The average molecular weight is 535 g/mol. The normalized spacial score (nSPS) is 23.9. The number of rotatable bonds is 7. The summed E-state index contributed by atoms with van der Waals surface area (Å²) in [7, 11) is 0. The first-order chi connectivity index (χ1) is 14.1. The lowest BCUT2D eigenvalue weighted by atomic mass is 10.2. The van der Waals surface area contributed by atoms with Crippen LogP contribution in [-0.2, 0) is 4.79 Å². The molecule has 0 unspecified atom stereocenters. The molecule has 1 atom stereocenters. The molecule has 3 rings (SSSR count). The Morgan fingerprint density at radius 2 is 1.70 bits per heavy atom. The Hall–Kier alpha value is -0.610. The van der Waals surface area contributed by atoms with Crippen molar-refractivity contribution in [3.8, 4) is 0 Å². The van der Waals surface area contributed by atoms with Gasteiger partial charge in [0, 0.05) is 58.4 Å². The van der Waals surface area contributed by atoms with E-state index in [0.29, 0.717) is 24.4 Å². The van der Waals surface area contributed by atoms with Crippen molar-refractivity contribution in [2.24, 2.45) is 10.9 Å². The van der Waals surface area contributed by atoms with Crippen LogP contribution in [0.1, 0.15) is 46.5 Å². The van der Waals surface area contributed by atoms with Crippen LogP contribution in [0.2, 0.25) is 0 Å². The van der Waals surface area contributed by atoms with E-state index in [1.165, 1.54) is 25.9 Å². The average Bonchev–Trinajstić information content (AvgIpc) is 3.38. The predicted octanol–water partition coefficient (Wildman–Crippen LogP) is 1.93. The van der Waals surface area contributed by atoms with Crippen LogP contribution in [0.5, 0.6) is 0 Å². The van der Waals surface area contributed by atoms with Gasteiger partial charge in [-0.3, -0.25) is 19.6 Å². The van der Waals surface area contributed by atoms with E-state index >= 15 is 0 Å². The molecule has 0 spiro atoms.